The molecule has 24 heavy (non-hydrogen) atoms. The van der Waals surface area contributed by atoms with E-state index in [4.69, 9.17) is 4.52 Å². The zero-order chi connectivity index (χ0) is 16.7. The standard InChI is InChI=1S/C16H19N3O4S/c20-16(12-5-6-12)18-7-9-19(10-8-18)24(21,22)11-14-13-3-1-2-4-15(13)23-17-14/h1-4,12H,5-11H2. The Bertz CT molecular complexity index is 864. The van der Waals surface area contributed by atoms with Gasteiger partial charge in [-0.1, -0.05) is 17.3 Å². The normalized spacial score (nSPS) is 19.8. The number of fused-ring (bicyclic) bond motifs is 1. The molecular weight excluding hydrogens is 330 g/mol. The number of carbonyl (C=O) groups excluding carboxylic acids is 1. The van der Waals surface area contributed by atoms with Crippen LogP contribution in [0.3, 0.4) is 0 Å². The molecule has 7 nitrogen and oxygen atoms in total. The number of rotatable bonds is 4. The summed E-state index contributed by atoms with van der Waals surface area (Å²) < 4.78 is 32.0. The summed E-state index contributed by atoms with van der Waals surface area (Å²) in [6.45, 7) is 1.62. The maximum absolute atomic E-state index is 12.7. The molecule has 2 aliphatic rings. The molecule has 0 bridgehead atoms. The van der Waals surface area contributed by atoms with Crippen molar-refractivity contribution in [2.75, 3.05) is 26.2 Å². The predicted octanol–water partition coefficient (Wildman–Crippen LogP) is 1.21. The zero-order valence-electron chi connectivity index (χ0n) is 13.2. The van der Waals surface area contributed by atoms with Crippen LogP contribution in [0.2, 0.25) is 0 Å². The Morgan fingerprint density at radius 2 is 1.88 bits per heavy atom. The number of piperazine rings is 1. The van der Waals surface area contributed by atoms with Crippen molar-refractivity contribution >= 4 is 26.9 Å². The molecule has 0 spiro atoms. The lowest BCUT2D eigenvalue weighted by Crippen LogP contribution is -2.51. The van der Waals surface area contributed by atoms with Crippen molar-refractivity contribution in [1.82, 2.24) is 14.4 Å². The van der Waals surface area contributed by atoms with Gasteiger partial charge in [0.2, 0.25) is 15.9 Å². The average Bonchev–Trinajstić information content (AvgIpc) is 3.37. The molecule has 1 aliphatic heterocycles. The molecule has 1 aromatic heterocycles. The Balaban J connectivity index is 1.44. The van der Waals surface area contributed by atoms with Crippen LogP contribution >= 0.6 is 0 Å². The van der Waals surface area contributed by atoms with Crippen molar-refractivity contribution in [2.24, 2.45) is 5.92 Å². The quantitative estimate of drug-likeness (QED) is 0.828. The van der Waals surface area contributed by atoms with E-state index in [2.05, 4.69) is 5.16 Å². The summed E-state index contributed by atoms with van der Waals surface area (Å²) in [4.78, 5) is 13.8. The number of para-hydroxylation sites is 1. The molecule has 2 fully saturated rings. The van der Waals surface area contributed by atoms with Crippen LogP contribution in [0.5, 0.6) is 0 Å². The third-order valence-electron chi connectivity index (χ3n) is 4.64. The molecule has 1 saturated carbocycles. The maximum atomic E-state index is 12.7. The van der Waals surface area contributed by atoms with E-state index in [1.165, 1.54) is 4.31 Å². The highest BCUT2D eigenvalue weighted by Crippen LogP contribution is 2.31. The molecular formula is C16H19N3O4S. The van der Waals surface area contributed by atoms with Crippen molar-refractivity contribution in [3.8, 4) is 0 Å². The first kappa shape index (κ1) is 15.6. The molecule has 1 aromatic carbocycles. The van der Waals surface area contributed by atoms with Crippen LogP contribution < -0.4 is 0 Å². The minimum absolute atomic E-state index is 0.176. The smallest absolute Gasteiger partial charge is 0.225 e. The summed E-state index contributed by atoms with van der Waals surface area (Å²) >= 11 is 0. The van der Waals surface area contributed by atoms with Gasteiger partial charge in [-0.2, -0.15) is 4.31 Å². The predicted molar refractivity (Wildman–Crippen MR) is 87.5 cm³/mol. The number of carbonyl (C=O) groups is 1. The molecule has 0 atom stereocenters. The van der Waals surface area contributed by atoms with Crippen LogP contribution in [-0.4, -0.2) is 54.9 Å². The maximum Gasteiger partial charge on any atom is 0.225 e. The van der Waals surface area contributed by atoms with Crippen molar-refractivity contribution in [3.63, 3.8) is 0 Å². The van der Waals surface area contributed by atoms with E-state index in [0.717, 1.165) is 18.2 Å². The second-order valence-electron chi connectivity index (χ2n) is 6.38. The van der Waals surface area contributed by atoms with Gasteiger partial charge in [0.1, 0.15) is 11.4 Å². The van der Waals surface area contributed by atoms with Gasteiger partial charge in [-0.3, -0.25) is 4.79 Å². The van der Waals surface area contributed by atoms with Gasteiger partial charge in [0.05, 0.1) is 0 Å². The fraction of sp³-hybridized carbons (Fsp3) is 0.500. The minimum atomic E-state index is -3.48. The van der Waals surface area contributed by atoms with Crippen molar-refractivity contribution < 1.29 is 17.7 Å². The monoisotopic (exact) mass is 349 g/mol. The Morgan fingerprint density at radius 3 is 2.58 bits per heavy atom. The Hall–Kier alpha value is -1.93. The van der Waals surface area contributed by atoms with Gasteiger partial charge in [0.15, 0.2) is 5.58 Å². The number of nitrogens with zero attached hydrogens (tertiary/aromatic N) is 3. The van der Waals surface area contributed by atoms with Gasteiger partial charge in [0, 0.05) is 37.5 Å². The summed E-state index contributed by atoms with van der Waals surface area (Å²) in [5.41, 5.74) is 1.02. The lowest BCUT2D eigenvalue weighted by atomic mass is 10.2. The van der Waals surface area contributed by atoms with E-state index in [9.17, 15) is 13.2 Å². The van der Waals surface area contributed by atoms with Gasteiger partial charge in [0.25, 0.3) is 0 Å². The Kier molecular flexibility index (Phi) is 3.80. The topological polar surface area (TPSA) is 83.7 Å². The SMILES string of the molecule is O=C(C1CC1)N1CCN(S(=O)(=O)Cc2noc3ccccc23)CC1. The highest BCUT2D eigenvalue weighted by molar-refractivity contribution is 7.88. The average molecular weight is 349 g/mol. The third-order valence-corrected chi connectivity index (χ3v) is 6.43. The molecule has 8 heteroatoms. The first-order chi connectivity index (χ1) is 11.5. The second-order valence-corrected chi connectivity index (χ2v) is 8.35. The van der Waals surface area contributed by atoms with Crippen LogP contribution in [0.1, 0.15) is 18.5 Å². The number of benzene rings is 1. The van der Waals surface area contributed by atoms with E-state index in [0.29, 0.717) is 37.5 Å². The third kappa shape index (κ3) is 2.91. The Morgan fingerprint density at radius 1 is 1.17 bits per heavy atom. The summed E-state index contributed by atoms with van der Waals surface area (Å²) in [5.74, 6) is 0.171. The number of hydrogen-bond acceptors (Lipinski definition) is 5. The van der Waals surface area contributed by atoms with Crippen molar-refractivity contribution in [1.29, 1.82) is 0 Å². The van der Waals surface area contributed by atoms with Crippen LogP contribution in [0.15, 0.2) is 28.8 Å². The molecule has 1 aliphatic carbocycles. The first-order valence-corrected chi connectivity index (χ1v) is 9.75. The second kappa shape index (κ2) is 5.86. The van der Waals surface area contributed by atoms with E-state index in [-0.39, 0.29) is 17.6 Å². The molecule has 0 N–H and O–H groups in total. The lowest BCUT2D eigenvalue weighted by molar-refractivity contribution is -0.133. The molecule has 2 aromatic rings. The fourth-order valence-electron chi connectivity index (χ4n) is 3.08. The fourth-order valence-corrected chi connectivity index (χ4v) is 4.54. The van der Waals surface area contributed by atoms with Gasteiger partial charge >= 0.3 is 0 Å². The van der Waals surface area contributed by atoms with E-state index < -0.39 is 10.0 Å². The van der Waals surface area contributed by atoms with Crippen molar-refractivity contribution in [2.45, 2.75) is 18.6 Å². The number of sulfonamides is 1. The molecule has 1 saturated heterocycles. The number of hydrogen-bond donors (Lipinski definition) is 0. The highest BCUT2D eigenvalue weighted by atomic mass is 32.2. The van der Waals surface area contributed by atoms with Crippen LogP contribution in [0.4, 0.5) is 0 Å². The Labute approximate surface area is 140 Å². The number of aromatic nitrogens is 1. The van der Waals surface area contributed by atoms with Gasteiger partial charge in [-0.15, -0.1) is 0 Å². The first-order valence-electron chi connectivity index (χ1n) is 8.14. The van der Waals surface area contributed by atoms with E-state index >= 15 is 0 Å². The molecule has 0 unspecified atom stereocenters. The lowest BCUT2D eigenvalue weighted by Gasteiger charge is -2.34. The molecule has 128 valence electrons. The molecule has 0 radical (unpaired) electrons. The highest BCUT2D eigenvalue weighted by Gasteiger charge is 2.36. The molecule has 4 rings (SSSR count). The van der Waals surface area contributed by atoms with Crippen molar-refractivity contribution in [3.05, 3.63) is 30.0 Å². The van der Waals surface area contributed by atoms with Gasteiger partial charge in [-0.25, -0.2) is 8.42 Å². The van der Waals surface area contributed by atoms with Crippen LogP contribution in [0, 0.1) is 5.92 Å². The number of amides is 1. The van der Waals surface area contributed by atoms with Gasteiger partial charge < -0.3 is 9.42 Å². The molecule has 2 heterocycles. The van der Waals surface area contributed by atoms with E-state index in [1.807, 2.05) is 18.2 Å². The zero-order valence-corrected chi connectivity index (χ0v) is 14.0. The summed E-state index contributed by atoms with van der Waals surface area (Å²) in [5, 5.41) is 4.63. The summed E-state index contributed by atoms with van der Waals surface area (Å²) in [7, 11) is -3.48. The molecule has 1 amide bonds. The van der Waals surface area contributed by atoms with E-state index in [1.54, 1.807) is 11.0 Å². The largest absolute Gasteiger partial charge is 0.356 e. The minimum Gasteiger partial charge on any atom is -0.356 e. The summed E-state index contributed by atoms with van der Waals surface area (Å²) in [6, 6.07) is 7.23. The van der Waals surface area contributed by atoms with Crippen LogP contribution in [-0.2, 0) is 20.6 Å². The summed E-state index contributed by atoms with van der Waals surface area (Å²) in [6.07, 6.45) is 1.94. The van der Waals surface area contributed by atoms with Crippen LogP contribution in [0.25, 0.3) is 11.0 Å². The van der Waals surface area contributed by atoms with Gasteiger partial charge in [-0.05, 0) is 25.0 Å².